The zero-order valence-corrected chi connectivity index (χ0v) is 18.6. The number of nitrogens with zero attached hydrogens (tertiary/aromatic N) is 1. The summed E-state index contributed by atoms with van der Waals surface area (Å²) in [7, 11) is 0. The summed E-state index contributed by atoms with van der Waals surface area (Å²) < 4.78 is 5.46. The molecule has 2 saturated carbocycles. The number of ether oxygens (including phenoxy) is 1. The molecule has 5 heteroatoms. The standard InChI is InChI=1S/C24H42N2O3/c1-2-3-4-5-6-13-20-29-21(27)14-19-26-22(28)23(15-9-7-10-16-23)25-24(26)17-11-8-12-18-24/h25H,2-20H2,1H3. The summed E-state index contributed by atoms with van der Waals surface area (Å²) in [4.78, 5) is 27.8. The molecule has 0 aromatic carbocycles. The van der Waals surface area contributed by atoms with Gasteiger partial charge in [0, 0.05) is 6.54 Å². The topological polar surface area (TPSA) is 58.6 Å². The molecule has 5 nitrogen and oxygen atoms in total. The molecule has 0 aromatic rings. The highest BCUT2D eigenvalue weighted by Crippen LogP contribution is 2.44. The molecule has 29 heavy (non-hydrogen) atoms. The molecule has 3 fully saturated rings. The fraction of sp³-hybridized carbons (Fsp3) is 0.917. The number of hydrogen-bond donors (Lipinski definition) is 1. The average molecular weight is 407 g/mol. The molecule has 3 aliphatic rings. The maximum absolute atomic E-state index is 13.5. The lowest BCUT2D eigenvalue weighted by molar-refractivity contribution is -0.145. The molecule has 0 aromatic heterocycles. The molecule has 0 unspecified atom stereocenters. The van der Waals surface area contributed by atoms with Gasteiger partial charge in [0.15, 0.2) is 0 Å². The van der Waals surface area contributed by atoms with Crippen LogP contribution in [0.25, 0.3) is 0 Å². The number of carbonyl (C=O) groups excluding carboxylic acids is 2. The van der Waals surface area contributed by atoms with Crippen LogP contribution < -0.4 is 5.32 Å². The van der Waals surface area contributed by atoms with Crippen LogP contribution >= 0.6 is 0 Å². The lowest BCUT2D eigenvalue weighted by Crippen LogP contribution is -2.56. The third-order valence-corrected chi connectivity index (χ3v) is 7.33. The highest BCUT2D eigenvalue weighted by atomic mass is 16.5. The smallest absolute Gasteiger partial charge is 0.307 e. The summed E-state index contributed by atoms with van der Waals surface area (Å²) in [5.41, 5.74) is -0.579. The average Bonchev–Trinajstić information content (AvgIpc) is 2.93. The summed E-state index contributed by atoms with van der Waals surface area (Å²) >= 11 is 0. The van der Waals surface area contributed by atoms with E-state index >= 15 is 0 Å². The molecule has 166 valence electrons. The number of amides is 1. The van der Waals surface area contributed by atoms with Gasteiger partial charge >= 0.3 is 5.97 Å². The van der Waals surface area contributed by atoms with Crippen LogP contribution in [0.1, 0.15) is 116 Å². The van der Waals surface area contributed by atoms with Crippen molar-refractivity contribution in [1.82, 2.24) is 10.2 Å². The van der Waals surface area contributed by atoms with Crippen molar-refractivity contribution in [2.75, 3.05) is 13.2 Å². The van der Waals surface area contributed by atoms with Crippen LogP contribution in [-0.4, -0.2) is 41.1 Å². The van der Waals surface area contributed by atoms with E-state index in [2.05, 4.69) is 12.2 Å². The van der Waals surface area contributed by atoms with Crippen molar-refractivity contribution in [3.63, 3.8) is 0 Å². The first-order valence-electron chi connectivity index (χ1n) is 12.4. The predicted octanol–water partition coefficient (Wildman–Crippen LogP) is 5.08. The van der Waals surface area contributed by atoms with Gasteiger partial charge < -0.3 is 9.64 Å². The van der Waals surface area contributed by atoms with Gasteiger partial charge in [-0.25, -0.2) is 0 Å². The van der Waals surface area contributed by atoms with Crippen LogP contribution in [0.5, 0.6) is 0 Å². The third-order valence-electron chi connectivity index (χ3n) is 7.33. The second-order valence-corrected chi connectivity index (χ2v) is 9.56. The Morgan fingerprint density at radius 1 is 0.931 bits per heavy atom. The number of hydrogen-bond acceptors (Lipinski definition) is 4. The molecule has 0 atom stereocenters. The van der Waals surface area contributed by atoms with Gasteiger partial charge in [-0.15, -0.1) is 0 Å². The molecule has 2 spiro atoms. The maximum Gasteiger partial charge on any atom is 0.307 e. The van der Waals surface area contributed by atoms with E-state index in [9.17, 15) is 9.59 Å². The molecule has 3 rings (SSSR count). The quantitative estimate of drug-likeness (QED) is 0.406. The molecular weight excluding hydrogens is 364 g/mol. The zero-order valence-electron chi connectivity index (χ0n) is 18.6. The fourth-order valence-electron chi connectivity index (χ4n) is 5.70. The first-order valence-corrected chi connectivity index (χ1v) is 12.4. The van der Waals surface area contributed by atoms with Gasteiger partial charge in [0.1, 0.15) is 0 Å². The Labute approximate surface area is 177 Å². The van der Waals surface area contributed by atoms with E-state index in [0.29, 0.717) is 19.6 Å². The van der Waals surface area contributed by atoms with Crippen LogP contribution in [-0.2, 0) is 14.3 Å². The summed E-state index contributed by atoms with van der Waals surface area (Å²) in [5, 5.41) is 3.85. The summed E-state index contributed by atoms with van der Waals surface area (Å²) in [6, 6.07) is 0. The zero-order chi connectivity index (χ0) is 20.6. The monoisotopic (exact) mass is 406 g/mol. The van der Waals surface area contributed by atoms with E-state index in [0.717, 1.165) is 64.2 Å². The van der Waals surface area contributed by atoms with Crippen molar-refractivity contribution in [3.05, 3.63) is 0 Å². The fourth-order valence-corrected chi connectivity index (χ4v) is 5.70. The Balaban J connectivity index is 1.48. The van der Waals surface area contributed by atoms with Crippen LogP contribution in [0.2, 0.25) is 0 Å². The van der Waals surface area contributed by atoms with Gasteiger partial charge in [-0.05, 0) is 44.9 Å². The maximum atomic E-state index is 13.5. The van der Waals surface area contributed by atoms with Crippen LogP contribution in [0.15, 0.2) is 0 Å². The molecule has 0 radical (unpaired) electrons. The number of carbonyl (C=O) groups is 2. The lowest BCUT2D eigenvalue weighted by atomic mass is 9.81. The highest BCUT2D eigenvalue weighted by molar-refractivity contribution is 5.90. The van der Waals surface area contributed by atoms with Crippen LogP contribution in [0, 0.1) is 0 Å². The molecule has 2 aliphatic carbocycles. The molecule has 1 amide bonds. The van der Waals surface area contributed by atoms with Crippen molar-refractivity contribution < 1.29 is 14.3 Å². The van der Waals surface area contributed by atoms with Crippen molar-refractivity contribution in [1.29, 1.82) is 0 Å². The largest absolute Gasteiger partial charge is 0.466 e. The summed E-state index contributed by atoms with van der Waals surface area (Å²) in [6.07, 6.45) is 18.5. The minimum atomic E-state index is -0.363. The van der Waals surface area contributed by atoms with E-state index in [4.69, 9.17) is 4.74 Å². The van der Waals surface area contributed by atoms with Gasteiger partial charge in [-0.2, -0.15) is 0 Å². The minimum Gasteiger partial charge on any atom is -0.466 e. The van der Waals surface area contributed by atoms with E-state index in [1.807, 2.05) is 4.90 Å². The first kappa shape index (κ1) is 22.6. The molecule has 1 aliphatic heterocycles. The van der Waals surface area contributed by atoms with Gasteiger partial charge in [0.25, 0.3) is 0 Å². The van der Waals surface area contributed by atoms with Gasteiger partial charge in [0.05, 0.1) is 24.2 Å². The van der Waals surface area contributed by atoms with Crippen LogP contribution in [0.4, 0.5) is 0 Å². The van der Waals surface area contributed by atoms with E-state index < -0.39 is 0 Å². The van der Waals surface area contributed by atoms with E-state index in [-0.39, 0.29) is 23.1 Å². The molecule has 1 heterocycles. The molecule has 1 saturated heterocycles. The SMILES string of the molecule is CCCCCCCCOC(=O)CCN1C(=O)C2(CCCCC2)NC12CCCCC2. The first-order chi connectivity index (χ1) is 14.1. The van der Waals surface area contributed by atoms with E-state index in [1.165, 1.54) is 38.5 Å². The Bertz CT molecular complexity index is 536. The summed E-state index contributed by atoms with van der Waals surface area (Å²) in [5.74, 6) is 0.102. The second kappa shape index (κ2) is 10.8. The highest BCUT2D eigenvalue weighted by Gasteiger charge is 2.58. The number of unbranched alkanes of at least 4 members (excludes halogenated alkanes) is 5. The molecular formula is C24H42N2O3. The van der Waals surface area contributed by atoms with E-state index in [1.54, 1.807) is 0 Å². The Hall–Kier alpha value is -1.10. The minimum absolute atomic E-state index is 0.151. The number of nitrogens with one attached hydrogen (secondary N) is 1. The Morgan fingerprint density at radius 2 is 1.55 bits per heavy atom. The number of esters is 1. The van der Waals surface area contributed by atoms with Crippen molar-refractivity contribution in [2.24, 2.45) is 0 Å². The third kappa shape index (κ3) is 5.53. The Kier molecular flexibility index (Phi) is 8.40. The normalized spacial score (nSPS) is 23.1. The lowest BCUT2D eigenvalue weighted by Gasteiger charge is -2.42. The van der Waals surface area contributed by atoms with Gasteiger partial charge in [0.2, 0.25) is 5.91 Å². The Morgan fingerprint density at radius 3 is 2.24 bits per heavy atom. The van der Waals surface area contributed by atoms with Crippen molar-refractivity contribution >= 4 is 11.9 Å². The summed E-state index contributed by atoms with van der Waals surface area (Å²) in [6.45, 7) is 3.24. The molecule has 0 bridgehead atoms. The predicted molar refractivity (Wildman–Crippen MR) is 115 cm³/mol. The second-order valence-electron chi connectivity index (χ2n) is 9.56. The van der Waals surface area contributed by atoms with Crippen molar-refractivity contribution in [3.8, 4) is 0 Å². The van der Waals surface area contributed by atoms with Gasteiger partial charge in [-0.3, -0.25) is 14.9 Å². The van der Waals surface area contributed by atoms with Crippen LogP contribution in [0.3, 0.4) is 0 Å². The van der Waals surface area contributed by atoms with Gasteiger partial charge in [-0.1, -0.05) is 64.7 Å². The molecule has 1 N–H and O–H groups in total. The van der Waals surface area contributed by atoms with Crippen molar-refractivity contribution in [2.45, 2.75) is 127 Å². The number of rotatable bonds is 10.